The first-order chi connectivity index (χ1) is 21.7. The number of carbonyl (C=O) groups is 3. The Morgan fingerprint density at radius 2 is 1.36 bits per heavy atom. The summed E-state index contributed by atoms with van der Waals surface area (Å²) in [6.07, 6.45) is 3.04. The summed E-state index contributed by atoms with van der Waals surface area (Å²) < 4.78 is 5.95. The van der Waals surface area contributed by atoms with E-state index in [0.29, 0.717) is 43.5 Å². The number of para-hydroxylation sites is 2. The second-order valence-corrected chi connectivity index (χ2v) is 11.0. The van der Waals surface area contributed by atoms with Crippen LogP contribution in [0.2, 0.25) is 5.02 Å². The van der Waals surface area contributed by atoms with Gasteiger partial charge >= 0.3 is 5.97 Å². The van der Waals surface area contributed by atoms with E-state index in [1.807, 2.05) is 12.1 Å². The lowest BCUT2D eigenvalue weighted by Gasteiger charge is -2.34. The van der Waals surface area contributed by atoms with Gasteiger partial charge in [0.1, 0.15) is 5.75 Å². The lowest BCUT2D eigenvalue weighted by Crippen LogP contribution is -2.60. The van der Waals surface area contributed by atoms with Gasteiger partial charge < -0.3 is 20.3 Å². The van der Waals surface area contributed by atoms with Crippen molar-refractivity contribution in [3.05, 3.63) is 148 Å². The summed E-state index contributed by atoms with van der Waals surface area (Å²) in [6, 6.07) is 28.8. The fourth-order valence-corrected chi connectivity index (χ4v) is 6.21. The average molecular weight is 616 g/mol. The summed E-state index contributed by atoms with van der Waals surface area (Å²) in [5.74, 6) is -3.77. The molecule has 1 aliphatic carbocycles. The van der Waals surface area contributed by atoms with E-state index in [1.165, 1.54) is 18.5 Å². The molecule has 0 radical (unpaired) electrons. The molecule has 10 heteroatoms. The lowest BCUT2D eigenvalue weighted by molar-refractivity contribution is -0.169. The molecule has 0 spiro atoms. The minimum absolute atomic E-state index is 0.277. The molecule has 1 aliphatic heterocycles. The topological polar surface area (TPSA) is 139 Å². The highest BCUT2D eigenvalue weighted by Crippen LogP contribution is 2.58. The van der Waals surface area contributed by atoms with Gasteiger partial charge in [-0.25, -0.2) is 4.79 Å². The molecule has 2 atom stereocenters. The van der Waals surface area contributed by atoms with Gasteiger partial charge in [0, 0.05) is 44.9 Å². The van der Waals surface area contributed by atoms with Gasteiger partial charge in [-0.15, -0.1) is 0 Å². The molecule has 1 amide bonds. The van der Waals surface area contributed by atoms with Crippen LogP contribution in [0.25, 0.3) is 21.8 Å². The molecule has 0 fully saturated rings. The van der Waals surface area contributed by atoms with E-state index in [9.17, 15) is 19.5 Å². The number of hydrogen-bond acceptors (Lipinski definition) is 7. The number of amides is 1. The number of pyridine rings is 2. The molecule has 2 aromatic heterocycles. The molecule has 2 aliphatic rings. The van der Waals surface area contributed by atoms with Gasteiger partial charge in [0.05, 0.1) is 22.2 Å². The van der Waals surface area contributed by atoms with Crippen molar-refractivity contribution in [1.82, 2.24) is 15.3 Å². The van der Waals surface area contributed by atoms with Gasteiger partial charge in [0.2, 0.25) is 11.3 Å². The van der Waals surface area contributed by atoms with Crippen molar-refractivity contribution in [3.8, 4) is 5.75 Å². The highest BCUT2D eigenvalue weighted by molar-refractivity contribution is 6.31. The SMILES string of the molecule is O=C(NC12C(=O)c3ccccc3C1(O)Oc1ccc(Cl)cc12)c1ccnc2ccccc12.O=C(O)c1ccnc2ccccc12. The molecular formula is C35H22ClN3O6. The fraction of sp³-hybridized carbons (Fsp3) is 0.0571. The van der Waals surface area contributed by atoms with Crippen molar-refractivity contribution in [1.29, 1.82) is 0 Å². The molecule has 4 aromatic carbocycles. The predicted octanol–water partition coefficient (Wildman–Crippen LogP) is 5.88. The predicted molar refractivity (Wildman–Crippen MR) is 166 cm³/mol. The number of nitrogens with zero attached hydrogens (tertiary/aromatic N) is 2. The first-order valence-corrected chi connectivity index (χ1v) is 14.2. The third-order valence-corrected chi connectivity index (χ3v) is 8.30. The van der Waals surface area contributed by atoms with Crippen LogP contribution in [0.5, 0.6) is 5.75 Å². The number of nitrogens with one attached hydrogen (secondary N) is 1. The Morgan fingerprint density at radius 1 is 0.756 bits per heavy atom. The minimum atomic E-state index is -2.12. The Kier molecular flexibility index (Phi) is 6.58. The highest BCUT2D eigenvalue weighted by Gasteiger charge is 2.71. The van der Waals surface area contributed by atoms with E-state index < -0.39 is 29.0 Å². The molecule has 2 unspecified atom stereocenters. The van der Waals surface area contributed by atoms with Gasteiger partial charge in [-0.3, -0.25) is 19.6 Å². The average Bonchev–Trinajstić information content (AvgIpc) is 3.41. The van der Waals surface area contributed by atoms with E-state index >= 15 is 0 Å². The number of Topliss-reactive ketones (excluding diaryl/α,β-unsaturated/α-hetero) is 1. The summed E-state index contributed by atoms with van der Waals surface area (Å²) in [6.45, 7) is 0. The van der Waals surface area contributed by atoms with Crippen LogP contribution in [0.4, 0.5) is 0 Å². The number of benzene rings is 4. The maximum absolute atomic E-state index is 13.8. The number of hydrogen-bond donors (Lipinski definition) is 3. The van der Waals surface area contributed by atoms with Crippen LogP contribution < -0.4 is 10.1 Å². The van der Waals surface area contributed by atoms with Crippen molar-refractivity contribution < 1.29 is 29.3 Å². The van der Waals surface area contributed by atoms with Gasteiger partial charge in [-0.1, -0.05) is 72.3 Å². The molecule has 3 heterocycles. The number of carboxylic acids is 1. The van der Waals surface area contributed by atoms with Gasteiger partial charge in [0.25, 0.3) is 11.7 Å². The van der Waals surface area contributed by atoms with E-state index in [1.54, 1.807) is 84.9 Å². The molecule has 3 N–H and O–H groups in total. The minimum Gasteiger partial charge on any atom is -0.478 e. The Balaban J connectivity index is 0.000000209. The van der Waals surface area contributed by atoms with E-state index in [-0.39, 0.29) is 16.9 Å². The van der Waals surface area contributed by atoms with Gasteiger partial charge in [0.15, 0.2) is 0 Å². The second-order valence-electron chi connectivity index (χ2n) is 10.5. The zero-order chi connectivity index (χ0) is 31.3. The maximum Gasteiger partial charge on any atom is 0.336 e. The number of aromatic carboxylic acids is 1. The molecule has 6 aromatic rings. The van der Waals surface area contributed by atoms with Gasteiger partial charge in [-0.05, 0) is 42.5 Å². The van der Waals surface area contributed by atoms with E-state index in [0.717, 1.165) is 0 Å². The maximum atomic E-state index is 13.8. The van der Waals surface area contributed by atoms with Crippen LogP contribution in [0.1, 0.15) is 42.2 Å². The number of halogens is 1. The number of carbonyl (C=O) groups excluding carboxylic acids is 2. The van der Waals surface area contributed by atoms with Crippen LogP contribution in [-0.4, -0.2) is 37.8 Å². The fourth-order valence-electron chi connectivity index (χ4n) is 6.04. The first kappa shape index (κ1) is 28.1. The normalized spacial score (nSPS) is 19.1. The molecule has 0 saturated heterocycles. The number of rotatable bonds is 3. The monoisotopic (exact) mass is 615 g/mol. The molecule has 0 bridgehead atoms. The van der Waals surface area contributed by atoms with E-state index in [4.69, 9.17) is 21.4 Å². The van der Waals surface area contributed by atoms with Crippen LogP contribution in [0.15, 0.2) is 116 Å². The smallest absolute Gasteiger partial charge is 0.336 e. The zero-order valence-corrected chi connectivity index (χ0v) is 24.0. The molecule has 9 nitrogen and oxygen atoms in total. The quantitative estimate of drug-likeness (QED) is 0.224. The lowest BCUT2D eigenvalue weighted by atomic mass is 9.82. The van der Waals surface area contributed by atoms with Crippen LogP contribution in [-0.2, 0) is 11.3 Å². The van der Waals surface area contributed by atoms with Crippen molar-refractivity contribution >= 4 is 51.1 Å². The number of aromatic nitrogens is 2. The number of ether oxygens (including phenoxy) is 1. The van der Waals surface area contributed by atoms with Crippen LogP contribution >= 0.6 is 11.6 Å². The standard InChI is InChI=1S/C25H15ClN2O4.C10H7NO2/c26-14-9-10-21-19(13-14)24(22(29)17-6-1-3-7-18(17)25(24,31)32-21)28-23(30)16-11-12-27-20-8-4-2-5-15(16)20;12-10(13)8-5-6-11-9-4-2-1-3-7(8)9/h1-13,31H,(H,28,30);1-6H,(H,12,13). The first-order valence-electron chi connectivity index (χ1n) is 13.8. The van der Waals surface area contributed by atoms with Crippen molar-refractivity contribution in [2.45, 2.75) is 11.3 Å². The molecular weight excluding hydrogens is 594 g/mol. The van der Waals surface area contributed by atoms with Crippen molar-refractivity contribution in [2.75, 3.05) is 0 Å². The van der Waals surface area contributed by atoms with E-state index in [2.05, 4.69) is 15.3 Å². The number of ketones is 1. The Labute approximate surface area is 260 Å². The Hall–Kier alpha value is -5.64. The van der Waals surface area contributed by atoms with Crippen molar-refractivity contribution in [2.24, 2.45) is 0 Å². The summed E-state index contributed by atoms with van der Waals surface area (Å²) in [5, 5.41) is 25.2. The summed E-state index contributed by atoms with van der Waals surface area (Å²) in [5.41, 5.74) is 0.955. The largest absolute Gasteiger partial charge is 0.478 e. The third-order valence-electron chi connectivity index (χ3n) is 8.06. The summed E-state index contributed by atoms with van der Waals surface area (Å²) in [7, 11) is 0. The van der Waals surface area contributed by atoms with Gasteiger partial charge in [-0.2, -0.15) is 0 Å². The number of carboxylic acid groups (broad SMARTS) is 1. The number of aliphatic hydroxyl groups is 1. The summed E-state index contributed by atoms with van der Waals surface area (Å²) in [4.78, 5) is 46.5. The summed E-state index contributed by atoms with van der Waals surface area (Å²) >= 11 is 6.24. The zero-order valence-electron chi connectivity index (χ0n) is 23.3. The van der Waals surface area contributed by atoms with Crippen LogP contribution in [0.3, 0.4) is 0 Å². The molecule has 0 saturated carbocycles. The van der Waals surface area contributed by atoms with Crippen LogP contribution in [0, 0.1) is 0 Å². The Bertz CT molecular complexity index is 2190. The molecule has 8 rings (SSSR count). The molecule has 45 heavy (non-hydrogen) atoms. The highest BCUT2D eigenvalue weighted by atomic mass is 35.5. The number of fused-ring (bicyclic) bond motifs is 7. The second kappa shape index (κ2) is 10.5. The molecule has 220 valence electrons. The Morgan fingerprint density at radius 3 is 2.04 bits per heavy atom. The van der Waals surface area contributed by atoms with Crippen molar-refractivity contribution in [3.63, 3.8) is 0 Å². The third kappa shape index (κ3) is 4.24.